The van der Waals surface area contributed by atoms with Gasteiger partial charge >= 0.3 is 0 Å². The van der Waals surface area contributed by atoms with Gasteiger partial charge in [0, 0.05) is 17.4 Å². The van der Waals surface area contributed by atoms with Crippen molar-refractivity contribution in [2.75, 3.05) is 11.5 Å². The van der Waals surface area contributed by atoms with Crippen LogP contribution >= 0.6 is 46.6 Å². The second kappa shape index (κ2) is 3.90. The third-order valence-corrected chi connectivity index (χ3v) is 4.73. The Morgan fingerprint density at radius 1 is 1.08 bits per heavy atom. The van der Waals surface area contributed by atoms with Crippen molar-refractivity contribution < 1.29 is 0 Å². The highest BCUT2D eigenvalue weighted by Gasteiger charge is 2.23. The summed E-state index contributed by atoms with van der Waals surface area (Å²) in [4.78, 5) is 0. The fourth-order valence-corrected chi connectivity index (χ4v) is 2.80. The van der Waals surface area contributed by atoms with E-state index in [4.69, 9.17) is 34.8 Å². The van der Waals surface area contributed by atoms with Crippen molar-refractivity contribution >= 4 is 46.6 Å². The predicted molar refractivity (Wildman–Crippen MR) is 61.5 cm³/mol. The van der Waals surface area contributed by atoms with Crippen LogP contribution in [0.25, 0.3) is 0 Å². The van der Waals surface area contributed by atoms with Crippen molar-refractivity contribution in [3.8, 4) is 0 Å². The van der Waals surface area contributed by atoms with Gasteiger partial charge in [0.05, 0.1) is 15.1 Å². The monoisotopic (exact) mass is 252 g/mol. The molecule has 1 heterocycles. The molecule has 0 atom stereocenters. The van der Waals surface area contributed by atoms with Crippen molar-refractivity contribution in [2.45, 2.75) is 5.92 Å². The van der Waals surface area contributed by atoms with E-state index < -0.39 is 0 Å². The summed E-state index contributed by atoms with van der Waals surface area (Å²) in [7, 11) is 0. The standard InChI is InChI=1S/C9H7Cl3S/c10-7-2-1-6(5-3-13-4-5)8(11)9(7)12/h1-2,5H,3-4H2. The van der Waals surface area contributed by atoms with Crippen molar-refractivity contribution in [3.05, 3.63) is 32.8 Å². The summed E-state index contributed by atoms with van der Waals surface area (Å²) in [5, 5.41) is 1.64. The minimum absolute atomic E-state index is 0.484. The van der Waals surface area contributed by atoms with Crippen LogP contribution in [-0.2, 0) is 0 Å². The van der Waals surface area contributed by atoms with Crippen LogP contribution in [0.2, 0.25) is 15.1 Å². The number of thioether (sulfide) groups is 1. The van der Waals surface area contributed by atoms with Crippen LogP contribution in [0.15, 0.2) is 12.1 Å². The molecule has 13 heavy (non-hydrogen) atoms. The van der Waals surface area contributed by atoms with E-state index in [1.807, 2.05) is 23.9 Å². The summed E-state index contributed by atoms with van der Waals surface area (Å²) in [5.74, 6) is 2.84. The fraction of sp³-hybridized carbons (Fsp3) is 0.333. The molecule has 0 spiro atoms. The Balaban J connectivity index is 2.41. The van der Waals surface area contributed by atoms with E-state index in [9.17, 15) is 0 Å². The SMILES string of the molecule is Clc1ccc(C2CSC2)c(Cl)c1Cl. The van der Waals surface area contributed by atoms with E-state index in [1.165, 1.54) is 0 Å². The first-order valence-corrected chi connectivity index (χ1v) is 6.20. The number of hydrogen-bond donors (Lipinski definition) is 0. The topological polar surface area (TPSA) is 0 Å². The van der Waals surface area contributed by atoms with Crippen LogP contribution in [0, 0.1) is 0 Å². The average Bonchev–Trinajstić information content (AvgIpc) is 2.03. The fourth-order valence-electron chi connectivity index (χ4n) is 1.27. The van der Waals surface area contributed by atoms with Gasteiger partial charge in [0.1, 0.15) is 0 Å². The lowest BCUT2D eigenvalue weighted by atomic mass is 10.0. The number of hydrogen-bond acceptors (Lipinski definition) is 1. The normalized spacial score (nSPS) is 17.2. The first-order valence-electron chi connectivity index (χ1n) is 3.91. The Morgan fingerprint density at radius 3 is 2.31 bits per heavy atom. The van der Waals surface area contributed by atoms with Crippen LogP contribution in [-0.4, -0.2) is 11.5 Å². The van der Waals surface area contributed by atoms with Gasteiger partial charge in [-0.3, -0.25) is 0 Å². The Bertz CT molecular complexity index is 334. The van der Waals surface area contributed by atoms with Gasteiger partial charge in [-0.1, -0.05) is 40.9 Å². The smallest absolute Gasteiger partial charge is 0.0781 e. The summed E-state index contributed by atoms with van der Waals surface area (Å²) in [6.07, 6.45) is 0. The molecule has 1 aliphatic rings. The molecule has 1 fully saturated rings. The zero-order chi connectivity index (χ0) is 9.42. The maximum atomic E-state index is 6.08. The van der Waals surface area contributed by atoms with Crippen LogP contribution in [0.3, 0.4) is 0 Å². The molecule has 0 radical (unpaired) electrons. The Labute approximate surface area is 96.6 Å². The van der Waals surface area contributed by atoms with E-state index in [0.717, 1.165) is 17.1 Å². The molecule has 0 amide bonds. The average molecular weight is 254 g/mol. The van der Waals surface area contributed by atoms with Crippen LogP contribution < -0.4 is 0 Å². The van der Waals surface area contributed by atoms with E-state index in [1.54, 1.807) is 0 Å². The molecule has 1 aromatic carbocycles. The van der Waals surface area contributed by atoms with Crippen LogP contribution in [0.4, 0.5) is 0 Å². The summed E-state index contributed by atoms with van der Waals surface area (Å²) < 4.78 is 0. The quantitative estimate of drug-likeness (QED) is 0.665. The van der Waals surface area contributed by atoms with Gasteiger partial charge in [0.15, 0.2) is 0 Å². The molecular weight excluding hydrogens is 247 g/mol. The maximum absolute atomic E-state index is 6.08. The van der Waals surface area contributed by atoms with E-state index >= 15 is 0 Å². The Kier molecular flexibility index (Phi) is 2.99. The van der Waals surface area contributed by atoms with Crippen molar-refractivity contribution in [1.29, 1.82) is 0 Å². The molecule has 4 heteroatoms. The van der Waals surface area contributed by atoms with Gasteiger partial charge in [-0.15, -0.1) is 0 Å². The first kappa shape index (κ1) is 9.97. The van der Waals surface area contributed by atoms with E-state index in [-0.39, 0.29) is 0 Å². The van der Waals surface area contributed by atoms with Gasteiger partial charge in [-0.25, -0.2) is 0 Å². The summed E-state index contributed by atoms with van der Waals surface area (Å²) in [6.45, 7) is 0. The third-order valence-electron chi connectivity index (χ3n) is 2.14. The largest absolute Gasteiger partial charge is 0.161 e. The molecule has 1 aliphatic heterocycles. The molecule has 0 aromatic heterocycles. The molecule has 0 nitrogen and oxygen atoms in total. The second-order valence-corrected chi connectivity index (χ2v) is 5.24. The Morgan fingerprint density at radius 2 is 1.77 bits per heavy atom. The molecule has 0 bridgehead atoms. The Hall–Kier alpha value is 0.440. The van der Waals surface area contributed by atoms with E-state index in [0.29, 0.717) is 21.0 Å². The molecule has 2 rings (SSSR count). The van der Waals surface area contributed by atoms with Gasteiger partial charge < -0.3 is 0 Å². The van der Waals surface area contributed by atoms with Crippen LogP contribution in [0.1, 0.15) is 11.5 Å². The predicted octanol–water partition coefficient (Wildman–Crippen LogP) is 4.48. The molecule has 0 unspecified atom stereocenters. The lowest BCUT2D eigenvalue weighted by Gasteiger charge is -2.26. The maximum Gasteiger partial charge on any atom is 0.0781 e. The van der Waals surface area contributed by atoms with Gasteiger partial charge in [-0.05, 0) is 11.6 Å². The minimum atomic E-state index is 0.484. The highest BCUT2D eigenvalue weighted by atomic mass is 35.5. The first-order chi connectivity index (χ1) is 6.20. The van der Waals surface area contributed by atoms with Crippen molar-refractivity contribution in [2.24, 2.45) is 0 Å². The van der Waals surface area contributed by atoms with Gasteiger partial charge in [0.25, 0.3) is 0 Å². The van der Waals surface area contributed by atoms with Crippen LogP contribution in [0.5, 0.6) is 0 Å². The lowest BCUT2D eigenvalue weighted by Crippen LogP contribution is -2.15. The third kappa shape index (κ3) is 1.80. The van der Waals surface area contributed by atoms with E-state index in [2.05, 4.69) is 0 Å². The molecule has 0 aliphatic carbocycles. The minimum Gasteiger partial charge on any atom is -0.161 e. The van der Waals surface area contributed by atoms with Gasteiger partial charge in [0.2, 0.25) is 0 Å². The molecule has 1 saturated heterocycles. The number of benzene rings is 1. The zero-order valence-corrected chi connectivity index (χ0v) is 9.77. The summed E-state index contributed by atoms with van der Waals surface area (Å²) >= 11 is 19.8. The molecule has 1 aromatic rings. The van der Waals surface area contributed by atoms with Crippen molar-refractivity contribution in [1.82, 2.24) is 0 Å². The number of halogens is 3. The highest BCUT2D eigenvalue weighted by Crippen LogP contribution is 2.41. The van der Waals surface area contributed by atoms with Crippen molar-refractivity contribution in [3.63, 3.8) is 0 Å². The highest BCUT2D eigenvalue weighted by molar-refractivity contribution is 8.00. The summed E-state index contributed by atoms with van der Waals surface area (Å²) in [6, 6.07) is 3.79. The van der Waals surface area contributed by atoms with Gasteiger partial charge in [-0.2, -0.15) is 11.8 Å². The summed E-state index contributed by atoms with van der Waals surface area (Å²) in [5.41, 5.74) is 1.13. The molecule has 70 valence electrons. The molecule has 0 saturated carbocycles. The molecule has 0 N–H and O–H groups in total. The number of rotatable bonds is 1. The second-order valence-electron chi connectivity index (χ2n) is 3.00. The molecular formula is C9H7Cl3S. The lowest BCUT2D eigenvalue weighted by molar-refractivity contribution is 0.850. The zero-order valence-electron chi connectivity index (χ0n) is 6.69.